The molecule has 0 aromatic carbocycles. The minimum atomic E-state index is 0.351. The monoisotopic (exact) mass is 270 g/mol. The second-order valence-electron chi connectivity index (χ2n) is 6.12. The van der Waals surface area contributed by atoms with Crippen molar-refractivity contribution >= 4 is 11.8 Å². The lowest BCUT2D eigenvalue weighted by molar-refractivity contribution is 0.0505. The highest BCUT2D eigenvalue weighted by Gasteiger charge is 2.36. The van der Waals surface area contributed by atoms with Crippen LogP contribution in [0, 0.1) is 0 Å². The van der Waals surface area contributed by atoms with E-state index in [-0.39, 0.29) is 0 Å². The normalized spacial score (nSPS) is 27.7. The van der Waals surface area contributed by atoms with Gasteiger partial charge in [0.05, 0.1) is 0 Å². The first-order valence-electron chi connectivity index (χ1n) is 7.79. The summed E-state index contributed by atoms with van der Waals surface area (Å²) >= 11 is 2.05. The molecule has 0 bridgehead atoms. The Morgan fingerprint density at radius 3 is 2.11 bits per heavy atom. The molecular formula is C15H30N2S. The van der Waals surface area contributed by atoms with E-state index in [0.717, 1.165) is 11.8 Å². The van der Waals surface area contributed by atoms with Crippen molar-refractivity contribution in [3.63, 3.8) is 0 Å². The molecule has 2 rings (SSSR count). The number of nitrogens with zero attached hydrogens (tertiary/aromatic N) is 1. The smallest absolute Gasteiger partial charge is 0.0331 e. The van der Waals surface area contributed by atoms with Crippen LogP contribution in [0.1, 0.15) is 57.8 Å². The molecule has 18 heavy (non-hydrogen) atoms. The summed E-state index contributed by atoms with van der Waals surface area (Å²) < 4.78 is 0. The van der Waals surface area contributed by atoms with Gasteiger partial charge in [0.25, 0.3) is 0 Å². The summed E-state index contributed by atoms with van der Waals surface area (Å²) in [5.74, 6) is 0. The van der Waals surface area contributed by atoms with Gasteiger partial charge >= 0.3 is 0 Å². The van der Waals surface area contributed by atoms with E-state index in [0.29, 0.717) is 5.54 Å². The lowest BCUT2D eigenvalue weighted by atomic mass is 9.81. The van der Waals surface area contributed by atoms with Crippen molar-refractivity contribution in [1.82, 2.24) is 4.90 Å². The summed E-state index contributed by atoms with van der Waals surface area (Å²) in [6, 6.07) is 0. The molecule has 1 aliphatic heterocycles. The van der Waals surface area contributed by atoms with Crippen LogP contribution < -0.4 is 5.73 Å². The maximum atomic E-state index is 6.21. The first-order chi connectivity index (χ1) is 8.80. The van der Waals surface area contributed by atoms with Crippen LogP contribution in [0.2, 0.25) is 0 Å². The van der Waals surface area contributed by atoms with Crippen LogP contribution >= 0.6 is 11.8 Å². The molecule has 1 saturated carbocycles. The van der Waals surface area contributed by atoms with Gasteiger partial charge < -0.3 is 5.73 Å². The van der Waals surface area contributed by atoms with Crippen molar-refractivity contribution in [3.05, 3.63) is 0 Å². The van der Waals surface area contributed by atoms with Gasteiger partial charge in [-0.05, 0) is 45.0 Å². The van der Waals surface area contributed by atoms with E-state index in [1.54, 1.807) is 0 Å². The Morgan fingerprint density at radius 1 is 1.06 bits per heavy atom. The highest BCUT2D eigenvalue weighted by atomic mass is 32.2. The quantitative estimate of drug-likeness (QED) is 0.853. The third kappa shape index (κ3) is 3.43. The Kier molecular flexibility index (Phi) is 5.84. The third-order valence-electron chi connectivity index (χ3n) is 5.11. The Labute approximate surface area is 117 Å². The summed E-state index contributed by atoms with van der Waals surface area (Å²) in [5.41, 5.74) is 6.56. The largest absolute Gasteiger partial charge is 0.329 e. The first kappa shape index (κ1) is 14.7. The second kappa shape index (κ2) is 7.16. The van der Waals surface area contributed by atoms with Gasteiger partial charge in [0.15, 0.2) is 0 Å². The molecule has 1 saturated heterocycles. The van der Waals surface area contributed by atoms with Gasteiger partial charge in [-0.15, -0.1) is 0 Å². The van der Waals surface area contributed by atoms with Crippen LogP contribution in [0.3, 0.4) is 0 Å². The lowest BCUT2D eigenvalue weighted by Gasteiger charge is -2.47. The average Bonchev–Trinajstić information content (AvgIpc) is 2.40. The van der Waals surface area contributed by atoms with Crippen LogP contribution in [0.15, 0.2) is 0 Å². The van der Waals surface area contributed by atoms with E-state index in [2.05, 4.69) is 22.9 Å². The summed E-state index contributed by atoms with van der Waals surface area (Å²) in [6.07, 6.45) is 14.7. The summed E-state index contributed by atoms with van der Waals surface area (Å²) in [7, 11) is 0. The van der Waals surface area contributed by atoms with E-state index in [4.69, 9.17) is 5.73 Å². The molecule has 0 atom stereocenters. The lowest BCUT2D eigenvalue weighted by Crippen LogP contribution is -2.56. The predicted octanol–water partition coefficient (Wildman–Crippen LogP) is 3.26. The van der Waals surface area contributed by atoms with Gasteiger partial charge in [-0.25, -0.2) is 0 Å². The highest BCUT2D eigenvalue weighted by Crippen LogP contribution is 2.34. The van der Waals surface area contributed by atoms with Gasteiger partial charge in [0, 0.05) is 17.3 Å². The summed E-state index contributed by atoms with van der Waals surface area (Å²) in [5, 5.41) is 0.893. The number of hydrogen-bond donors (Lipinski definition) is 1. The zero-order valence-corrected chi connectivity index (χ0v) is 12.8. The number of nitrogens with two attached hydrogens (primary N) is 1. The van der Waals surface area contributed by atoms with Gasteiger partial charge in [-0.3, -0.25) is 4.90 Å². The first-order valence-corrected chi connectivity index (χ1v) is 9.07. The molecule has 2 aliphatic rings. The minimum absolute atomic E-state index is 0.351. The average molecular weight is 270 g/mol. The standard InChI is InChI=1S/C15H30N2S/c1-18-14-7-11-17(12-8-14)15(13-16)9-5-3-2-4-6-10-15/h14H,2-13,16H2,1H3. The zero-order valence-electron chi connectivity index (χ0n) is 12.0. The van der Waals surface area contributed by atoms with Crippen molar-refractivity contribution in [2.45, 2.75) is 68.6 Å². The van der Waals surface area contributed by atoms with E-state index in [1.807, 2.05) is 0 Å². The molecule has 1 aliphatic carbocycles. The summed E-state index contributed by atoms with van der Waals surface area (Å²) in [6.45, 7) is 3.43. The van der Waals surface area contributed by atoms with Crippen LogP contribution in [0.4, 0.5) is 0 Å². The van der Waals surface area contributed by atoms with E-state index < -0.39 is 0 Å². The molecular weight excluding hydrogens is 240 g/mol. The minimum Gasteiger partial charge on any atom is -0.329 e. The van der Waals surface area contributed by atoms with Crippen molar-refractivity contribution in [1.29, 1.82) is 0 Å². The predicted molar refractivity (Wildman–Crippen MR) is 82.2 cm³/mol. The molecule has 1 heterocycles. The number of rotatable bonds is 3. The highest BCUT2D eigenvalue weighted by molar-refractivity contribution is 7.99. The SMILES string of the molecule is CSC1CCN(C2(CN)CCCCCCC2)CC1. The van der Waals surface area contributed by atoms with E-state index in [1.165, 1.54) is 70.9 Å². The third-order valence-corrected chi connectivity index (χ3v) is 6.25. The second-order valence-corrected chi connectivity index (χ2v) is 7.26. The molecule has 0 spiro atoms. The number of piperidine rings is 1. The van der Waals surface area contributed by atoms with Gasteiger partial charge in [0.2, 0.25) is 0 Å². The molecule has 0 aromatic rings. The number of hydrogen-bond acceptors (Lipinski definition) is 3. The van der Waals surface area contributed by atoms with Crippen LogP contribution in [-0.4, -0.2) is 41.6 Å². The Hall–Kier alpha value is 0.270. The van der Waals surface area contributed by atoms with Gasteiger partial charge in [-0.2, -0.15) is 11.8 Å². The molecule has 2 nitrogen and oxygen atoms in total. The van der Waals surface area contributed by atoms with Crippen LogP contribution in [-0.2, 0) is 0 Å². The molecule has 2 fully saturated rings. The van der Waals surface area contributed by atoms with Gasteiger partial charge in [-0.1, -0.05) is 32.1 Å². The van der Waals surface area contributed by atoms with Crippen molar-refractivity contribution in [2.75, 3.05) is 25.9 Å². The number of likely N-dealkylation sites (tertiary alicyclic amines) is 1. The molecule has 0 radical (unpaired) electrons. The maximum Gasteiger partial charge on any atom is 0.0331 e. The molecule has 0 unspecified atom stereocenters. The van der Waals surface area contributed by atoms with Crippen LogP contribution in [0.25, 0.3) is 0 Å². The van der Waals surface area contributed by atoms with E-state index in [9.17, 15) is 0 Å². The van der Waals surface area contributed by atoms with Gasteiger partial charge in [0.1, 0.15) is 0 Å². The zero-order chi connectivity index (χ0) is 12.8. The van der Waals surface area contributed by atoms with Crippen molar-refractivity contribution < 1.29 is 0 Å². The fraction of sp³-hybridized carbons (Fsp3) is 1.00. The summed E-state index contributed by atoms with van der Waals surface area (Å²) in [4.78, 5) is 2.76. The van der Waals surface area contributed by atoms with E-state index >= 15 is 0 Å². The topological polar surface area (TPSA) is 29.3 Å². The Morgan fingerprint density at radius 2 is 1.61 bits per heavy atom. The fourth-order valence-electron chi connectivity index (χ4n) is 3.78. The van der Waals surface area contributed by atoms with Crippen LogP contribution in [0.5, 0.6) is 0 Å². The molecule has 3 heteroatoms. The Balaban J connectivity index is 1.97. The Bertz CT molecular complexity index is 229. The number of thioether (sulfide) groups is 1. The maximum absolute atomic E-state index is 6.21. The van der Waals surface area contributed by atoms with Crippen molar-refractivity contribution in [3.8, 4) is 0 Å². The molecule has 0 aromatic heterocycles. The fourth-order valence-corrected chi connectivity index (χ4v) is 4.46. The molecule has 2 N–H and O–H groups in total. The van der Waals surface area contributed by atoms with Crippen molar-refractivity contribution in [2.24, 2.45) is 5.73 Å². The molecule has 0 amide bonds. The molecule has 106 valence electrons.